The molecule has 2 nitrogen and oxygen atoms in total. The van der Waals surface area contributed by atoms with Gasteiger partial charge in [-0.3, -0.25) is 13.0 Å². The van der Waals surface area contributed by atoms with Crippen molar-refractivity contribution in [3.63, 3.8) is 0 Å². The van der Waals surface area contributed by atoms with Crippen LogP contribution in [0.15, 0.2) is 0 Å². The molecule has 0 heterocycles. The van der Waals surface area contributed by atoms with Crippen LogP contribution in [0, 0.1) is 5.41 Å². The smallest absolute Gasteiger partial charge is 0.425 e. The van der Waals surface area contributed by atoms with Crippen LogP contribution in [0.2, 0.25) is 12.6 Å². The molecule has 0 aromatic rings. The number of ether oxygens (including phenoxy) is 1. The summed E-state index contributed by atoms with van der Waals surface area (Å²) >= 11 is 0. The summed E-state index contributed by atoms with van der Waals surface area (Å²) in [5.74, 6) is -0.425. The number of carbonyl (C=O) groups is 1. The summed E-state index contributed by atoms with van der Waals surface area (Å²) in [4.78, 5) is 11.1. The van der Waals surface area contributed by atoms with E-state index in [9.17, 15) is 13.0 Å². The van der Waals surface area contributed by atoms with E-state index >= 15 is 0 Å². The monoisotopic (exact) mass is 210 g/mol. The van der Waals surface area contributed by atoms with Gasteiger partial charge in [0.15, 0.2) is 0 Å². The normalized spacial score (nSPS) is 12.8. The molecule has 0 aliphatic carbocycles. The van der Waals surface area contributed by atoms with Gasteiger partial charge in [0.2, 0.25) is 0 Å². The second-order valence-corrected chi connectivity index (χ2v) is 6.85. The maximum atomic E-state index is 12.4. The standard InChI is InChI=1S/C8H16F2O2Si/c1-8(2,3)7(11)12-5-6-13(4,9)10/h5-6H2,1-4H3. The van der Waals surface area contributed by atoms with Crippen LogP contribution in [0.25, 0.3) is 0 Å². The Kier molecular flexibility index (Phi) is 4.03. The third kappa shape index (κ3) is 6.69. The van der Waals surface area contributed by atoms with Crippen molar-refractivity contribution in [3.8, 4) is 0 Å². The van der Waals surface area contributed by atoms with Crippen LogP contribution >= 0.6 is 0 Å². The molecule has 0 saturated carbocycles. The highest BCUT2D eigenvalue weighted by Gasteiger charge is 2.29. The Labute approximate surface area is 78.6 Å². The number of hydrogen-bond donors (Lipinski definition) is 0. The van der Waals surface area contributed by atoms with E-state index in [1.807, 2.05) is 0 Å². The van der Waals surface area contributed by atoms with Crippen LogP contribution in [0.4, 0.5) is 8.22 Å². The topological polar surface area (TPSA) is 26.3 Å². The van der Waals surface area contributed by atoms with Gasteiger partial charge >= 0.3 is 14.7 Å². The van der Waals surface area contributed by atoms with E-state index in [0.717, 1.165) is 6.55 Å². The minimum Gasteiger partial charge on any atom is -0.465 e. The summed E-state index contributed by atoms with van der Waals surface area (Å²) in [5, 5.41) is 0. The summed E-state index contributed by atoms with van der Waals surface area (Å²) in [5.41, 5.74) is -0.607. The van der Waals surface area contributed by atoms with Crippen molar-refractivity contribution in [1.82, 2.24) is 0 Å². The van der Waals surface area contributed by atoms with E-state index in [-0.39, 0.29) is 12.7 Å². The Bertz CT molecular complexity index is 182. The number of rotatable bonds is 3. The van der Waals surface area contributed by atoms with Gasteiger partial charge in [0.25, 0.3) is 0 Å². The lowest BCUT2D eigenvalue weighted by Crippen LogP contribution is -2.26. The molecule has 78 valence electrons. The van der Waals surface area contributed by atoms with E-state index in [2.05, 4.69) is 0 Å². The Hall–Kier alpha value is -0.453. The van der Waals surface area contributed by atoms with E-state index < -0.39 is 20.1 Å². The van der Waals surface area contributed by atoms with Crippen molar-refractivity contribution in [2.75, 3.05) is 6.61 Å². The lowest BCUT2D eigenvalue weighted by molar-refractivity contribution is -0.152. The van der Waals surface area contributed by atoms with Crippen LogP contribution in [-0.2, 0) is 9.53 Å². The van der Waals surface area contributed by atoms with Gasteiger partial charge in [0, 0.05) is 6.04 Å². The first kappa shape index (κ1) is 12.5. The molecule has 0 aliphatic heterocycles. The summed E-state index contributed by atoms with van der Waals surface area (Å²) in [6.07, 6.45) is 0. The van der Waals surface area contributed by atoms with Crippen molar-refractivity contribution >= 4 is 14.7 Å². The third-order valence-corrected chi connectivity index (χ3v) is 2.47. The zero-order chi connectivity index (χ0) is 10.7. The highest BCUT2D eigenvalue weighted by Crippen LogP contribution is 2.17. The average Bonchev–Trinajstić information content (AvgIpc) is 1.82. The van der Waals surface area contributed by atoms with E-state index in [1.165, 1.54) is 0 Å². The maximum Gasteiger partial charge on any atom is 0.425 e. The second kappa shape index (κ2) is 4.17. The largest absolute Gasteiger partial charge is 0.465 e. The van der Waals surface area contributed by atoms with Gasteiger partial charge in [-0.1, -0.05) is 0 Å². The minimum absolute atomic E-state index is 0.161. The van der Waals surface area contributed by atoms with Crippen molar-refractivity contribution in [2.45, 2.75) is 33.4 Å². The summed E-state index contributed by atoms with van der Waals surface area (Å²) in [6, 6.07) is -0.283. The van der Waals surface area contributed by atoms with Crippen LogP contribution in [0.5, 0.6) is 0 Å². The Morgan fingerprint density at radius 1 is 1.38 bits per heavy atom. The fraction of sp³-hybridized carbons (Fsp3) is 0.875. The quantitative estimate of drug-likeness (QED) is 0.406. The number of halogens is 2. The molecule has 0 aromatic carbocycles. The van der Waals surface area contributed by atoms with Gasteiger partial charge in [-0.05, 0) is 27.3 Å². The molecule has 0 atom stereocenters. The summed E-state index contributed by atoms with van der Waals surface area (Å²) in [6.45, 7) is 5.86. The highest BCUT2D eigenvalue weighted by atomic mass is 28.4. The predicted octanol–water partition coefficient (Wildman–Crippen LogP) is 2.59. The average molecular weight is 210 g/mol. The van der Waals surface area contributed by atoms with Gasteiger partial charge in [-0.15, -0.1) is 0 Å². The summed E-state index contributed by atoms with van der Waals surface area (Å²) < 4.78 is 29.5. The molecule has 0 radical (unpaired) electrons. The first-order valence-electron chi connectivity index (χ1n) is 4.18. The molecule has 0 fully saturated rings. The van der Waals surface area contributed by atoms with E-state index in [1.54, 1.807) is 20.8 Å². The molecule has 0 bridgehead atoms. The molecule has 0 rings (SSSR count). The molecular weight excluding hydrogens is 194 g/mol. The van der Waals surface area contributed by atoms with Crippen molar-refractivity contribution in [1.29, 1.82) is 0 Å². The van der Waals surface area contributed by atoms with Gasteiger partial charge in [0.1, 0.15) is 0 Å². The molecule has 0 spiro atoms. The zero-order valence-corrected chi connectivity index (χ0v) is 9.49. The molecule has 5 heteroatoms. The third-order valence-electron chi connectivity index (χ3n) is 1.39. The first-order valence-corrected chi connectivity index (χ1v) is 6.64. The summed E-state index contributed by atoms with van der Waals surface area (Å²) in [7, 11) is -4.06. The van der Waals surface area contributed by atoms with Gasteiger partial charge < -0.3 is 4.74 Å². The van der Waals surface area contributed by atoms with Crippen molar-refractivity contribution in [2.24, 2.45) is 5.41 Å². The molecular formula is C8H16F2O2Si. The van der Waals surface area contributed by atoms with E-state index in [4.69, 9.17) is 4.74 Å². The Balaban J connectivity index is 3.74. The first-order chi connectivity index (χ1) is 5.63. The van der Waals surface area contributed by atoms with E-state index in [0.29, 0.717) is 0 Å². The van der Waals surface area contributed by atoms with Crippen LogP contribution in [0.3, 0.4) is 0 Å². The molecule has 0 N–H and O–H groups in total. The molecule has 0 unspecified atom stereocenters. The van der Waals surface area contributed by atoms with Gasteiger partial charge in [-0.2, -0.15) is 0 Å². The number of hydrogen-bond acceptors (Lipinski definition) is 2. The predicted molar refractivity (Wildman–Crippen MR) is 49.1 cm³/mol. The fourth-order valence-electron chi connectivity index (χ4n) is 0.539. The Morgan fingerprint density at radius 2 is 1.85 bits per heavy atom. The molecule has 13 heavy (non-hydrogen) atoms. The van der Waals surface area contributed by atoms with Crippen LogP contribution in [0.1, 0.15) is 20.8 Å². The van der Waals surface area contributed by atoms with Crippen LogP contribution in [-0.4, -0.2) is 21.3 Å². The SMILES string of the molecule is CC(C)(C)C(=O)OCC[Si](C)(F)F. The number of carbonyl (C=O) groups excluding carboxylic acids is 1. The van der Waals surface area contributed by atoms with Crippen molar-refractivity contribution < 1.29 is 17.7 Å². The highest BCUT2D eigenvalue weighted by molar-refractivity contribution is 6.64. The zero-order valence-electron chi connectivity index (χ0n) is 8.49. The Morgan fingerprint density at radius 3 is 2.15 bits per heavy atom. The lowest BCUT2D eigenvalue weighted by Gasteiger charge is -2.17. The van der Waals surface area contributed by atoms with Gasteiger partial charge in [-0.25, -0.2) is 0 Å². The minimum atomic E-state index is -4.06. The van der Waals surface area contributed by atoms with Gasteiger partial charge in [0.05, 0.1) is 12.0 Å². The molecule has 0 saturated heterocycles. The molecule has 0 aromatic heterocycles. The number of esters is 1. The second-order valence-electron chi connectivity index (χ2n) is 4.21. The molecule has 0 aliphatic rings. The maximum absolute atomic E-state index is 12.4. The fourth-order valence-corrected chi connectivity index (χ4v) is 1.000. The van der Waals surface area contributed by atoms with Crippen molar-refractivity contribution in [3.05, 3.63) is 0 Å². The lowest BCUT2D eigenvalue weighted by atomic mass is 9.97. The molecule has 0 amide bonds. The van der Waals surface area contributed by atoms with Crippen LogP contribution < -0.4 is 0 Å².